The van der Waals surface area contributed by atoms with Crippen LogP contribution in [-0.2, 0) is 14.3 Å². The molecular formula is C13H22N2O5. The van der Waals surface area contributed by atoms with E-state index in [4.69, 9.17) is 9.84 Å². The third-order valence-electron chi connectivity index (χ3n) is 2.30. The van der Waals surface area contributed by atoms with E-state index in [0.29, 0.717) is 0 Å². The van der Waals surface area contributed by atoms with Crippen molar-refractivity contribution in [3.8, 4) is 0 Å². The molecule has 0 rings (SSSR count). The van der Waals surface area contributed by atoms with Gasteiger partial charge in [-0.25, -0.2) is 9.59 Å². The topological polar surface area (TPSA) is 105 Å². The van der Waals surface area contributed by atoms with E-state index in [-0.39, 0.29) is 24.2 Å². The van der Waals surface area contributed by atoms with Crippen molar-refractivity contribution in [1.82, 2.24) is 10.6 Å². The summed E-state index contributed by atoms with van der Waals surface area (Å²) in [6, 6.07) is 0. The minimum atomic E-state index is -1.13. The Bertz CT molecular complexity index is 421. The fourth-order valence-electron chi connectivity index (χ4n) is 1.12. The molecule has 0 saturated heterocycles. The molecule has 0 radical (unpaired) electrons. The molecule has 0 heterocycles. The first-order chi connectivity index (χ1) is 9.04. The zero-order chi connectivity index (χ0) is 15.9. The Hall–Kier alpha value is -2.05. The predicted molar refractivity (Wildman–Crippen MR) is 73.3 cm³/mol. The molecule has 7 nitrogen and oxygen atoms in total. The Morgan fingerprint density at radius 1 is 1.00 bits per heavy atom. The maximum atomic E-state index is 11.6. The minimum absolute atomic E-state index is 0.0115. The van der Waals surface area contributed by atoms with Gasteiger partial charge in [-0.05, 0) is 34.6 Å². The highest BCUT2D eigenvalue weighted by Crippen LogP contribution is 2.06. The molecule has 0 aliphatic heterocycles. The van der Waals surface area contributed by atoms with Gasteiger partial charge in [-0.3, -0.25) is 4.79 Å². The first-order valence-electron chi connectivity index (χ1n) is 6.20. The van der Waals surface area contributed by atoms with Crippen LogP contribution >= 0.6 is 0 Å². The molecule has 20 heavy (non-hydrogen) atoms. The van der Waals surface area contributed by atoms with Gasteiger partial charge in [0.05, 0.1) is 0 Å². The summed E-state index contributed by atoms with van der Waals surface area (Å²) < 4.78 is 5.01. The maximum absolute atomic E-state index is 11.6. The van der Waals surface area contributed by atoms with Crippen LogP contribution in [0.5, 0.6) is 0 Å². The summed E-state index contributed by atoms with van der Waals surface area (Å²) in [4.78, 5) is 33.6. The average Bonchev–Trinajstić information content (AvgIpc) is 2.30. The van der Waals surface area contributed by atoms with E-state index in [0.717, 1.165) is 0 Å². The molecule has 0 aromatic rings. The molecule has 0 atom stereocenters. The van der Waals surface area contributed by atoms with Gasteiger partial charge in [0.2, 0.25) is 5.91 Å². The molecule has 0 aromatic carbocycles. The number of ether oxygens (including phenoxy) is 1. The van der Waals surface area contributed by atoms with Crippen LogP contribution in [0.4, 0.5) is 4.79 Å². The highest BCUT2D eigenvalue weighted by Gasteiger charge is 2.16. The number of aliphatic carboxylic acids is 1. The van der Waals surface area contributed by atoms with Crippen molar-refractivity contribution in [3.63, 3.8) is 0 Å². The molecule has 0 aliphatic rings. The SMILES string of the molecule is CC(C(=O)O)=C(C)C(=O)NCCNC(=O)OC(C)(C)C. The smallest absolute Gasteiger partial charge is 0.407 e. The van der Waals surface area contributed by atoms with Crippen LogP contribution in [0.1, 0.15) is 34.6 Å². The molecular weight excluding hydrogens is 264 g/mol. The van der Waals surface area contributed by atoms with Crippen LogP contribution in [0.25, 0.3) is 0 Å². The quantitative estimate of drug-likeness (QED) is 0.517. The molecule has 0 bridgehead atoms. The van der Waals surface area contributed by atoms with Gasteiger partial charge in [0, 0.05) is 24.2 Å². The zero-order valence-electron chi connectivity index (χ0n) is 12.5. The molecule has 7 heteroatoms. The van der Waals surface area contributed by atoms with Crippen LogP contribution in [0.2, 0.25) is 0 Å². The normalized spacial score (nSPS) is 12.2. The number of hydrogen-bond acceptors (Lipinski definition) is 4. The fourth-order valence-corrected chi connectivity index (χ4v) is 1.12. The fraction of sp³-hybridized carbons (Fsp3) is 0.615. The van der Waals surface area contributed by atoms with Crippen LogP contribution < -0.4 is 10.6 Å². The van der Waals surface area contributed by atoms with Gasteiger partial charge in [0.1, 0.15) is 5.60 Å². The van der Waals surface area contributed by atoms with Gasteiger partial charge in [-0.2, -0.15) is 0 Å². The predicted octanol–water partition coefficient (Wildman–Crippen LogP) is 1.05. The first-order valence-corrected chi connectivity index (χ1v) is 6.20. The number of carbonyl (C=O) groups is 3. The lowest BCUT2D eigenvalue weighted by Gasteiger charge is -2.19. The van der Waals surface area contributed by atoms with Crippen molar-refractivity contribution < 1.29 is 24.2 Å². The monoisotopic (exact) mass is 286 g/mol. The Balaban J connectivity index is 4.09. The summed E-state index contributed by atoms with van der Waals surface area (Å²) in [5.41, 5.74) is -0.456. The molecule has 0 saturated carbocycles. The Labute approximate surface area is 118 Å². The number of hydrogen-bond donors (Lipinski definition) is 3. The maximum Gasteiger partial charge on any atom is 0.407 e. The molecule has 3 N–H and O–H groups in total. The number of carboxylic acid groups (broad SMARTS) is 1. The lowest BCUT2D eigenvalue weighted by Crippen LogP contribution is -2.38. The molecule has 0 unspecified atom stereocenters. The van der Waals surface area contributed by atoms with E-state index in [2.05, 4.69) is 10.6 Å². The van der Waals surface area contributed by atoms with Crippen molar-refractivity contribution in [2.75, 3.05) is 13.1 Å². The summed E-state index contributed by atoms with van der Waals surface area (Å²) in [6.45, 7) is 8.41. The molecule has 2 amide bonds. The van der Waals surface area contributed by atoms with E-state index in [1.54, 1.807) is 20.8 Å². The van der Waals surface area contributed by atoms with E-state index in [1.165, 1.54) is 13.8 Å². The van der Waals surface area contributed by atoms with E-state index in [1.807, 2.05) is 0 Å². The summed E-state index contributed by atoms with van der Waals surface area (Å²) in [7, 11) is 0. The number of alkyl carbamates (subject to hydrolysis) is 1. The lowest BCUT2D eigenvalue weighted by molar-refractivity contribution is -0.133. The molecule has 0 fully saturated rings. The highest BCUT2D eigenvalue weighted by atomic mass is 16.6. The Kier molecular flexibility index (Phi) is 6.75. The van der Waals surface area contributed by atoms with E-state index < -0.39 is 23.6 Å². The number of nitrogens with one attached hydrogen (secondary N) is 2. The number of rotatable bonds is 5. The van der Waals surface area contributed by atoms with Gasteiger partial charge in [0.25, 0.3) is 0 Å². The van der Waals surface area contributed by atoms with Crippen molar-refractivity contribution >= 4 is 18.0 Å². The standard InChI is InChI=1S/C13H22N2O5/c1-8(9(2)11(17)18)10(16)14-6-7-15-12(19)20-13(3,4)5/h6-7H2,1-5H3,(H,14,16)(H,15,19)(H,17,18). The molecule has 0 spiro atoms. The van der Waals surface area contributed by atoms with Gasteiger partial charge in [0.15, 0.2) is 0 Å². The summed E-state index contributed by atoms with van der Waals surface area (Å²) in [6.07, 6.45) is -0.569. The summed E-state index contributed by atoms with van der Waals surface area (Å²) >= 11 is 0. The van der Waals surface area contributed by atoms with Crippen LogP contribution in [0.3, 0.4) is 0 Å². The van der Waals surface area contributed by atoms with Gasteiger partial charge < -0.3 is 20.5 Å². The van der Waals surface area contributed by atoms with E-state index in [9.17, 15) is 14.4 Å². The number of amides is 2. The summed E-state index contributed by atoms with van der Waals surface area (Å²) in [5, 5.41) is 13.7. The van der Waals surface area contributed by atoms with E-state index >= 15 is 0 Å². The van der Waals surface area contributed by atoms with Crippen LogP contribution in [-0.4, -0.2) is 41.8 Å². The van der Waals surface area contributed by atoms with Gasteiger partial charge >= 0.3 is 12.1 Å². The lowest BCUT2D eigenvalue weighted by atomic mass is 10.1. The first kappa shape index (κ1) is 17.9. The average molecular weight is 286 g/mol. The second kappa shape index (κ2) is 7.52. The second-order valence-corrected chi connectivity index (χ2v) is 5.24. The second-order valence-electron chi connectivity index (χ2n) is 5.24. The van der Waals surface area contributed by atoms with Crippen LogP contribution in [0, 0.1) is 0 Å². The van der Waals surface area contributed by atoms with Crippen LogP contribution in [0.15, 0.2) is 11.1 Å². The Morgan fingerprint density at radius 2 is 1.50 bits per heavy atom. The zero-order valence-corrected chi connectivity index (χ0v) is 12.5. The number of carbonyl (C=O) groups excluding carboxylic acids is 2. The van der Waals surface area contributed by atoms with Gasteiger partial charge in [-0.15, -0.1) is 0 Å². The molecule has 114 valence electrons. The van der Waals surface area contributed by atoms with Crippen molar-refractivity contribution in [3.05, 3.63) is 11.1 Å². The molecule has 0 aromatic heterocycles. The Morgan fingerprint density at radius 3 is 1.95 bits per heavy atom. The van der Waals surface area contributed by atoms with Crippen molar-refractivity contribution in [2.24, 2.45) is 0 Å². The third-order valence-corrected chi connectivity index (χ3v) is 2.30. The third kappa shape index (κ3) is 7.40. The van der Waals surface area contributed by atoms with Gasteiger partial charge in [-0.1, -0.05) is 0 Å². The van der Waals surface area contributed by atoms with Crippen molar-refractivity contribution in [2.45, 2.75) is 40.2 Å². The van der Waals surface area contributed by atoms with Crippen molar-refractivity contribution in [1.29, 1.82) is 0 Å². The minimum Gasteiger partial charge on any atom is -0.478 e. The highest BCUT2D eigenvalue weighted by molar-refractivity contribution is 6.01. The largest absolute Gasteiger partial charge is 0.478 e. The molecule has 0 aliphatic carbocycles. The number of carboxylic acids is 1. The summed E-state index contributed by atoms with van der Waals surface area (Å²) in [5.74, 6) is -1.61.